The van der Waals surface area contributed by atoms with Crippen LogP contribution in [0.15, 0.2) is 24.5 Å². The quantitative estimate of drug-likeness (QED) is 0.834. The highest BCUT2D eigenvalue weighted by Crippen LogP contribution is 2.20. The zero-order valence-corrected chi connectivity index (χ0v) is 12.9. The lowest BCUT2D eigenvalue weighted by Crippen LogP contribution is -2.21. The van der Waals surface area contributed by atoms with Crippen molar-refractivity contribution in [3.05, 3.63) is 35.0 Å². The molecule has 0 aliphatic carbocycles. The number of rotatable bonds is 6. The summed E-state index contributed by atoms with van der Waals surface area (Å²) in [7, 11) is 0. The minimum absolute atomic E-state index is 0. The van der Waals surface area contributed by atoms with Crippen molar-refractivity contribution in [3.8, 4) is 5.88 Å². The summed E-state index contributed by atoms with van der Waals surface area (Å²) in [6.07, 6.45) is -1.35. The van der Waals surface area contributed by atoms with E-state index in [2.05, 4.69) is 15.3 Å². The van der Waals surface area contributed by atoms with Crippen LogP contribution in [0.25, 0.3) is 0 Å². The van der Waals surface area contributed by atoms with Gasteiger partial charge >= 0.3 is 6.18 Å². The molecule has 2 rings (SSSR count). The molecule has 2 aromatic heterocycles. The third kappa shape index (κ3) is 6.04. The van der Waals surface area contributed by atoms with Crippen LogP contribution in [0.1, 0.15) is 10.4 Å². The molecule has 0 radical (unpaired) electrons. The summed E-state index contributed by atoms with van der Waals surface area (Å²) in [4.78, 5) is 8.67. The van der Waals surface area contributed by atoms with E-state index >= 15 is 0 Å². The van der Waals surface area contributed by atoms with Gasteiger partial charge in [-0.15, -0.1) is 23.7 Å². The molecule has 2 aromatic rings. The molecule has 0 aliphatic heterocycles. The Morgan fingerprint density at radius 2 is 2.05 bits per heavy atom. The van der Waals surface area contributed by atoms with Crippen molar-refractivity contribution in [1.29, 1.82) is 0 Å². The Hall–Kier alpha value is -1.58. The first kappa shape index (κ1) is 18.5. The molecule has 5 nitrogen and oxygen atoms in total. The number of pyridine rings is 1. The molecule has 0 amide bonds. The second-order valence-corrected chi connectivity index (χ2v) is 5.29. The van der Waals surface area contributed by atoms with Crippen molar-refractivity contribution in [2.45, 2.75) is 19.3 Å². The topological polar surface area (TPSA) is 73.1 Å². The van der Waals surface area contributed by atoms with Gasteiger partial charge < -0.3 is 15.8 Å². The Labute approximate surface area is 135 Å². The zero-order valence-electron chi connectivity index (χ0n) is 11.3. The van der Waals surface area contributed by atoms with Gasteiger partial charge in [-0.25, -0.2) is 9.97 Å². The molecule has 2 heterocycles. The molecule has 0 fully saturated rings. The maximum Gasteiger partial charge on any atom is 0.422 e. The molecule has 0 unspecified atom stereocenters. The second-order valence-electron chi connectivity index (χ2n) is 4.14. The van der Waals surface area contributed by atoms with Crippen LogP contribution < -0.4 is 15.8 Å². The van der Waals surface area contributed by atoms with E-state index < -0.39 is 12.8 Å². The van der Waals surface area contributed by atoms with Gasteiger partial charge in [0, 0.05) is 35.9 Å². The standard InChI is InChI=1S/C12H13F3N4OS.ClH/c13-12(14,15)7-20-10-8(2-1-3-18-10)4-17-5-9-6-19-11(16)21-9;/h1-3,6,17H,4-5,7H2,(H2,16,19);1H. The van der Waals surface area contributed by atoms with E-state index in [9.17, 15) is 13.2 Å². The maximum atomic E-state index is 12.2. The second kappa shape index (κ2) is 8.16. The molecule has 122 valence electrons. The van der Waals surface area contributed by atoms with Gasteiger partial charge in [-0.1, -0.05) is 6.07 Å². The van der Waals surface area contributed by atoms with Crippen LogP contribution in [-0.4, -0.2) is 22.8 Å². The molecule has 0 atom stereocenters. The molecular formula is C12H14ClF3N4OS. The van der Waals surface area contributed by atoms with E-state index in [-0.39, 0.29) is 18.3 Å². The van der Waals surface area contributed by atoms with E-state index in [0.29, 0.717) is 23.8 Å². The van der Waals surface area contributed by atoms with Gasteiger partial charge in [0.15, 0.2) is 11.7 Å². The monoisotopic (exact) mass is 354 g/mol. The van der Waals surface area contributed by atoms with Crippen molar-refractivity contribution >= 4 is 28.9 Å². The van der Waals surface area contributed by atoms with Gasteiger partial charge in [-0.3, -0.25) is 0 Å². The van der Waals surface area contributed by atoms with Crippen LogP contribution in [0.4, 0.5) is 18.3 Å². The lowest BCUT2D eigenvalue weighted by atomic mass is 10.2. The number of thiazole rings is 1. The lowest BCUT2D eigenvalue weighted by molar-refractivity contribution is -0.154. The van der Waals surface area contributed by atoms with Crippen molar-refractivity contribution in [3.63, 3.8) is 0 Å². The van der Waals surface area contributed by atoms with E-state index in [1.807, 2.05) is 0 Å². The van der Waals surface area contributed by atoms with Gasteiger partial charge in [-0.2, -0.15) is 13.2 Å². The summed E-state index contributed by atoms with van der Waals surface area (Å²) >= 11 is 1.35. The molecule has 0 aliphatic rings. The minimum Gasteiger partial charge on any atom is -0.468 e. The Morgan fingerprint density at radius 3 is 2.68 bits per heavy atom. The first-order valence-electron chi connectivity index (χ1n) is 5.98. The Kier molecular flexibility index (Phi) is 6.85. The molecule has 0 saturated heterocycles. The average molecular weight is 355 g/mol. The predicted octanol–water partition coefficient (Wildman–Crippen LogP) is 2.77. The average Bonchev–Trinajstić information content (AvgIpc) is 2.82. The fourth-order valence-corrected chi connectivity index (χ4v) is 2.22. The first-order chi connectivity index (χ1) is 9.94. The van der Waals surface area contributed by atoms with Crippen LogP contribution in [-0.2, 0) is 13.1 Å². The number of nitrogens with one attached hydrogen (secondary N) is 1. The minimum atomic E-state index is -4.39. The van der Waals surface area contributed by atoms with Crippen molar-refractivity contribution < 1.29 is 17.9 Å². The van der Waals surface area contributed by atoms with Crippen molar-refractivity contribution in [2.24, 2.45) is 0 Å². The number of halogens is 4. The fourth-order valence-electron chi connectivity index (χ4n) is 1.56. The van der Waals surface area contributed by atoms with Crippen LogP contribution in [0, 0.1) is 0 Å². The third-order valence-electron chi connectivity index (χ3n) is 2.41. The Balaban J connectivity index is 0.00000242. The Bertz CT molecular complexity index is 594. The third-order valence-corrected chi connectivity index (χ3v) is 3.24. The molecule has 10 heteroatoms. The van der Waals surface area contributed by atoms with Gasteiger partial charge in [0.1, 0.15) is 0 Å². The summed E-state index contributed by atoms with van der Waals surface area (Å²) in [6.45, 7) is -0.510. The first-order valence-corrected chi connectivity index (χ1v) is 6.80. The molecule has 3 N–H and O–H groups in total. The summed E-state index contributed by atoms with van der Waals surface area (Å²) in [5, 5.41) is 3.56. The van der Waals surface area contributed by atoms with Gasteiger partial charge in [0.25, 0.3) is 0 Å². The predicted molar refractivity (Wildman–Crippen MR) is 80.1 cm³/mol. The van der Waals surface area contributed by atoms with E-state index in [4.69, 9.17) is 10.5 Å². The number of ether oxygens (including phenoxy) is 1. The van der Waals surface area contributed by atoms with Gasteiger partial charge in [0.05, 0.1) is 0 Å². The number of nitrogens with zero attached hydrogens (tertiary/aromatic N) is 2. The van der Waals surface area contributed by atoms with Crippen LogP contribution >= 0.6 is 23.7 Å². The van der Waals surface area contributed by atoms with Crippen LogP contribution in [0.2, 0.25) is 0 Å². The molecule has 0 bridgehead atoms. The number of aromatic nitrogens is 2. The number of hydrogen-bond donors (Lipinski definition) is 2. The number of hydrogen-bond acceptors (Lipinski definition) is 6. The number of alkyl halides is 3. The van der Waals surface area contributed by atoms with Gasteiger partial charge in [0.2, 0.25) is 5.88 Å². The van der Waals surface area contributed by atoms with Crippen LogP contribution in [0.3, 0.4) is 0 Å². The van der Waals surface area contributed by atoms with Crippen molar-refractivity contribution in [2.75, 3.05) is 12.3 Å². The highest BCUT2D eigenvalue weighted by Gasteiger charge is 2.29. The fraction of sp³-hybridized carbons (Fsp3) is 0.333. The highest BCUT2D eigenvalue weighted by atomic mass is 35.5. The summed E-state index contributed by atoms with van der Waals surface area (Å²) in [6, 6.07) is 3.30. The Morgan fingerprint density at radius 1 is 1.27 bits per heavy atom. The van der Waals surface area contributed by atoms with E-state index in [1.165, 1.54) is 17.5 Å². The SMILES string of the molecule is Cl.Nc1ncc(CNCc2cccnc2OCC(F)(F)F)s1. The van der Waals surface area contributed by atoms with Gasteiger partial charge in [-0.05, 0) is 6.07 Å². The maximum absolute atomic E-state index is 12.2. The van der Waals surface area contributed by atoms with Crippen molar-refractivity contribution in [1.82, 2.24) is 15.3 Å². The lowest BCUT2D eigenvalue weighted by Gasteiger charge is -2.12. The summed E-state index contributed by atoms with van der Waals surface area (Å²) in [5.74, 6) is -0.0221. The molecule has 0 spiro atoms. The molecule has 0 aromatic carbocycles. The van der Waals surface area contributed by atoms with Crippen LogP contribution in [0.5, 0.6) is 5.88 Å². The number of anilines is 1. The highest BCUT2D eigenvalue weighted by molar-refractivity contribution is 7.15. The molecular weight excluding hydrogens is 341 g/mol. The largest absolute Gasteiger partial charge is 0.468 e. The molecule has 22 heavy (non-hydrogen) atoms. The summed E-state index contributed by atoms with van der Waals surface area (Å²) in [5.41, 5.74) is 6.06. The smallest absolute Gasteiger partial charge is 0.422 e. The van der Waals surface area contributed by atoms with E-state index in [1.54, 1.807) is 18.3 Å². The zero-order chi connectivity index (χ0) is 15.3. The number of nitrogen functional groups attached to an aromatic ring is 1. The normalized spacial score (nSPS) is 11.0. The number of nitrogens with two attached hydrogens (primary N) is 1. The molecule has 0 saturated carbocycles. The summed E-state index contributed by atoms with van der Waals surface area (Å²) < 4.78 is 41.2. The van der Waals surface area contributed by atoms with E-state index in [0.717, 1.165) is 4.88 Å².